The third-order valence-electron chi connectivity index (χ3n) is 2.42. The lowest BCUT2D eigenvalue weighted by atomic mass is 10.3. The molecule has 0 aromatic carbocycles. The quantitative estimate of drug-likeness (QED) is 0.519. The Balaban J connectivity index is 2.22. The molecular weight excluding hydrogens is 273 g/mol. The number of anilines is 1. The van der Waals surface area contributed by atoms with Gasteiger partial charge in [0.15, 0.2) is 0 Å². The lowest BCUT2D eigenvalue weighted by Gasteiger charge is -2.16. The number of hydrogen-bond donors (Lipinski definition) is 1. The van der Waals surface area contributed by atoms with Crippen LogP contribution in [0, 0.1) is 0 Å². The Morgan fingerprint density at radius 1 is 1.15 bits per heavy atom. The summed E-state index contributed by atoms with van der Waals surface area (Å²) in [6, 6.07) is 6.48. The number of aromatic nitrogens is 2. The molecule has 20 heavy (non-hydrogen) atoms. The Morgan fingerprint density at radius 3 is 2.40 bits per heavy atom. The smallest absolute Gasteiger partial charge is 0.265 e. The molecule has 0 aliphatic rings. The van der Waals surface area contributed by atoms with Crippen LogP contribution in [0.15, 0.2) is 42.7 Å². The van der Waals surface area contributed by atoms with Crippen molar-refractivity contribution < 1.29 is 18.0 Å². The molecule has 0 radical (unpaired) electrons. The number of alkyl halides is 3. The molecule has 2 N–H and O–H groups in total. The van der Waals surface area contributed by atoms with Crippen LogP contribution in [0.3, 0.4) is 0 Å². The van der Waals surface area contributed by atoms with E-state index in [-0.39, 0.29) is 11.4 Å². The molecule has 2 aromatic heterocycles. The summed E-state index contributed by atoms with van der Waals surface area (Å²) < 4.78 is 37.1. The summed E-state index contributed by atoms with van der Waals surface area (Å²) in [6.45, 7) is 0. The van der Waals surface area contributed by atoms with E-state index in [1.54, 1.807) is 12.1 Å². The van der Waals surface area contributed by atoms with Gasteiger partial charge < -0.3 is 0 Å². The zero-order valence-corrected chi connectivity index (χ0v) is 10.0. The highest BCUT2D eigenvalue weighted by Gasteiger charge is 2.32. The fourth-order valence-corrected chi connectivity index (χ4v) is 1.43. The molecule has 0 aliphatic carbocycles. The van der Waals surface area contributed by atoms with Crippen molar-refractivity contribution in [1.29, 1.82) is 0 Å². The normalized spacial score (nSPS) is 11.2. The van der Waals surface area contributed by atoms with Crippen LogP contribution in [0.2, 0.25) is 0 Å². The van der Waals surface area contributed by atoms with Crippen molar-refractivity contribution in [3.05, 3.63) is 54.1 Å². The van der Waals surface area contributed by atoms with Crippen molar-refractivity contribution in [2.45, 2.75) is 6.18 Å². The monoisotopic (exact) mass is 282 g/mol. The number of hydrazine groups is 1. The number of pyridine rings is 2. The van der Waals surface area contributed by atoms with E-state index in [9.17, 15) is 18.0 Å². The Labute approximate surface area is 111 Å². The number of nitrogens with zero attached hydrogens (tertiary/aromatic N) is 3. The standard InChI is InChI=1S/C12H9F3N4O/c13-12(14,15)10-5-4-8(7-18-10)19(16)11(20)9-3-1-2-6-17-9/h1-7H,16H2. The first-order valence-corrected chi connectivity index (χ1v) is 5.43. The van der Waals surface area contributed by atoms with Crippen LogP contribution in [0.4, 0.5) is 18.9 Å². The number of nitrogens with two attached hydrogens (primary N) is 1. The Hall–Kier alpha value is -2.48. The fraction of sp³-hybridized carbons (Fsp3) is 0.0833. The van der Waals surface area contributed by atoms with Crippen LogP contribution in [0.5, 0.6) is 0 Å². The van der Waals surface area contributed by atoms with E-state index >= 15 is 0 Å². The second-order valence-electron chi connectivity index (χ2n) is 3.79. The molecule has 0 atom stereocenters. The molecule has 8 heteroatoms. The highest BCUT2D eigenvalue weighted by atomic mass is 19.4. The van der Waals surface area contributed by atoms with Crippen molar-refractivity contribution in [3.8, 4) is 0 Å². The highest BCUT2D eigenvalue weighted by molar-refractivity contribution is 6.03. The van der Waals surface area contributed by atoms with Crippen LogP contribution in [0.1, 0.15) is 16.2 Å². The average molecular weight is 282 g/mol. The van der Waals surface area contributed by atoms with Crippen LogP contribution in [-0.2, 0) is 6.18 Å². The molecule has 0 bridgehead atoms. The molecule has 0 saturated carbocycles. The first kappa shape index (κ1) is 13.9. The largest absolute Gasteiger partial charge is 0.433 e. The van der Waals surface area contributed by atoms with Crippen molar-refractivity contribution >= 4 is 11.6 Å². The van der Waals surface area contributed by atoms with E-state index < -0.39 is 17.8 Å². The summed E-state index contributed by atoms with van der Waals surface area (Å²) in [4.78, 5) is 19.0. The number of halogens is 3. The van der Waals surface area contributed by atoms with E-state index in [0.29, 0.717) is 5.01 Å². The predicted molar refractivity (Wildman–Crippen MR) is 64.5 cm³/mol. The minimum atomic E-state index is -4.54. The maximum atomic E-state index is 12.4. The van der Waals surface area contributed by atoms with Crippen molar-refractivity contribution in [3.63, 3.8) is 0 Å². The van der Waals surface area contributed by atoms with E-state index in [4.69, 9.17) is 5.84 Å². The SMILES string of the molecule is NN(C(=O)c1ccccn1)c1ccc(C(F)(F)F)nc1. The third-order valence-corrected chi connectivity index (χ3v) is 2.42. The van der Waals surface area contributed by atoms with Gasteiger partial charge in [-0.3, -0.25) is 9.78 Å². The maximum absolute atomic E-state index is 12.4. The minimum Gasteiger partial charge on any atom is -0.265 e. The number of carbonyl (C=O) groups is 1. The van der Waals surface area contributed by atoms with Crippen LogP contribution < -0.4 is 10.9 Å². The number of hydrogen-bond acceptors (Lipinski definition) is 4. The Kier molecular flexibility index (Phi) is 3.66. The van der Waals surface area contributed by atoms with E-state index in [0.717, 1.165) is 18.3 Å². The van der Waals surface area contributed by atoms with Crippen LogP contribution >= 0.6 is 0 Å². The van der Waals surface area contributed by atoms with Crippen molar-refractivity contribution in [2.75, 3.05) is 5.01 Å². The molecule has 5 nitrogen and oxygen atoms in total. The zero-order valence-electron chi connectivity index (χ0n) is 10.0. The second kappa shape index (κ2) is 5.25. The molecule has 0 spiro atoms. The first-order valence-electron chi connectivity index (χ1n) is 5.43. The van der Waals surface area contributed by atoms with Gasteiger partial charge in [0, 0.05) is 6.20 Å². The summed E-state index contributed by atoms with van der Waals surface area (Å²) in [6.07, 6.45) is -2.25. The molecule has 2 heterocycles. The zero-order chi connectivity index (χ0) is 14.8. The number of rotatable bonds is 2. The van der Waals surface area contributed by atoms with Crippen molar-refractivity contribution in [2.24, 2.45) is 5.84 Å². The van der Waals surface area contributed by atoms with Crippen LogP contribution in [0.25, 0.3) is 0 Å². The van der Waals surface area contributed by atoms with Gasteiger partial charge in [-0.15, -0.1) is 0 Å². The molecule has 0 saturated heterocycles. The van der Waals surface area contributed by atoms with Crippen LogP contribution in [-0.4, -0.2) is 15.9 Å². The van der Waals surface area contributed by atoms with Gasteiger partial charge in [0.25, 0.3) is 5.91 Å². The van der Waals surface area contributed by atoms with Gasteiger partial charge in [-0.2, -0.15) is 13.2 Å². The molecule has 2 aromatic rings. The minimum absolute atomic E-state index is 0.0358. The van der Waals surface area contributed by atoms with Gasteiger partial charge in [0.1, 0.15) is 11.4 Å². The van der Waals surface area contributed by atoms with Gasteiger partial charge in [-0.05, 0) is 24.3 Å². The van der Waals surface area contributed by atoms with E-state index in [2.05, 4.69) is 9.97 Å². The molecule has 104 valence electrons. The molecule has 2 rings (SSSR count). The maximum Gasteiger partial charge on any atom is 0.433 e. The number of carbonyl (C=O) groups excluding carboxylic acids is 1. The predicted octanol–water partition coefficient (Wildman–Crippen LogP) is 2.02. The van der Waals surface area contributed by atoms with Gasteiger partial charge in [-0.1, -0.05) is 6.07 Å². The Morgan fingerprint density at radius 2 is 1.90 bits per heavy atom. The lowest BCUT2D eigenvalue weighted by molar-refractivity contribution is -0.141. The summed E-state index contributed by atoms with van der Waals surface area (Å²) >= 11 is 0. The second-order valence-corrected chi connectivity index (χ2v) is 3.79. The summed E-state index contributed by atoms with van der Waals surface area (Å²) in [5, 5.41) is 0.690. The van der Waals surface area contributed by atoms with E-state index in [1.165, 1.54) is 12.3 Å². The molecule has 0 unspecified atom stereocenters. The molecule has 0 fully saturated rings. The highest BCUT2D eigenvalue weighted by Crippen LogP contribution is 2.28. The number of amides is 1. The van der Waals surface area contributed by atoms with Gasteiger partial charge in [-0.25, -0.2) is 15.8 Å². The fourth-order valence-electron chi connectivity index (χ4n) is 1.43. The van der Waals surface area contributed by atoms with Gasteiger partial charge in [0.05, 0.1) is 11.9 Å². The van der Waals surface area contributed by atoms with E-state index in [1.807, 2.05) is 0 Å². The molecule has 0 aliphatic heterocycles. The van der Waals surface area contributed by atoms with Gasteiger partial charge in [0.2, 0.25) is 0 Å². The Bertz CT molecular complexity index is 598. The topological polar surface area (TPSA) is 72.1 Å². The van der Waals surface area contributed by atoms with Crippen molar-refractivity contribution in [1.82, 2.24) is 9.97 Å². The summed E-state index contributed by atoms with van der Waals surface area (Å²) in [7, 11) is 0. The summed E-state index contributed by atoms with van der Waals surface area (Å²) in [5.41, 5.74) is -0.941. The average Bonchev–Trinajstić information content (AvgIpc) is 2.46. The molecule has 1 amide bonds. The lowest BCUT2D eigenvalue weighted by Crippen LogP contribution is -2.38. The van der Waals surface area contributed by atoms with Gasteiger partial charge >= 0.3 is 6.18 Å². The third kappa shape index (κ3) is 2.91. The first-order chi connectivity index (χ1) is 9.39. The summed E-state index contributed by atoms with van der Waals surface area (Å²) in [5.74, 6) is 4.91. The molecular formula is C12H9F3N4O.